The number of ether oxygens (including phenoxy) is 1. The highest BCUT2D eigenvalue weighted by atomic mass is 16.6. The maximum Gasteiger partial charge on any atom is 0.409 e. The van der Waals surface area contributed by atoms with Crippen molar-refractivity contribution in [2.24, 2.45) is 5.41 Å². The summed E-state index contributed by atoms with van der Waals surface area (Å²) in [5, 5.41) is 0. The molecular weight excluding hydrogens is 190 g/mol. The first-order chi connectivity index (χ1) is 7.26. The molecule has 1 heterocycles. The summed E-state index contributed by atoms with van der Waals surface area (Å²) in [6.07, 6.45) is 7.06. The van der Waals surface area contributed by atoms with Crippen LogP contribution in [0.3, 0.4) is 0 Å². The van der Waals surface area contributed by atoms with Gasteiger partial charge in [-0.15, -0.1) is 0 Å². The quantitative estimate of drug-likeness (QED) is 0.672. The number of hydrogen-bond donors (Lipinski definition) is 0. The lowest BCUT2D eigenvalue weighted by Crippen LogP contribution is -2.41. The number of amides is 1. The van der Waals surface area contributed by atoms with Crippen LogP contribution in [-0.2, 0) is 4.74 Å². The molecule has 3 nitrogen and oxygen atoms in total. The van der Waals surface area contributed by atoms with E-state index < -0.39 is 0 Å². The molecule has 0 radical (unpaired) electrons. The molecular formula is C12H21NO2. The molecule has 0 unspecified atom stereocenters. The Balaban J connectivity index is 1.74. The third-order valence-corrected chi connectivity index (χ3v) is 3.60. The molecule has 15 heavy (non-hydrogen) atoms. The monoisotopic (exact) mass is 211 g/mol. The molecule has 3 heteroatoms. The number of likely N-dealkylation sites (tertiary alicyclic amines) is 1. The van der Waals surface area contributed by atoms with Gasteiger partial charge in [0.1, 0.15) is 0 Å². The molecule has 86 valence electrons. The summed E-state index contributed by atoms with van der Waals surface area (Å²) in [4.78, 5) is 13.6. The fourth-order valence-corrected chi connectivity index (χ4v) is 2.34. The van der Waals surface area contributed by atoms with Gasteiger partial charge in [-0.2, -0.15) is 0 Å². The van der Waals surface area contributed by atoms with Gasteiger partial charge in [0.15, 0.2) is 0 Å². The Morgan fingerprint density at radius 3 is 2.87 bits per heavy atom. The summed E-state index contributed by atoms with van der Waals surface area (Å²) in [7, 11) is 0. The van der Waals surface area contributed by atoms with Crippen LogP contribution in [-0.4, -0.2) is 30.7 Å². The Morgan fingerprint density at radius 2 is 2.20 bits per heavy atom. The average molecular weight is 211 g/mol. The van der Waals surface area contributed by atoms with Gasteiger partial charge in [-0.05, 0) is 37.5 Å². The fourth-order valence-electron chi connectivity index (χ4n) is 2.34. The van der Waals surface area contributed by atoms with Crippen molar-refractivity contribution < 1.29 is 9.53 Å². The number of unbranched alkanes of at least 4 members (excludes halogenated alkanes) is 1. The van der Waals surface area contributed by atoms with Gasteiger partial charge >= 0.3 is 6.09 Å². The zero-order valence-corrected chi connectivity index (χ0v) is 9.63. The molecule has 2 rings (SSSR count). The minimum atomic E-state index is -0.0885. The van der Waals surface area contributed by atoms with Crippen molar-refractivity contribution in [3.8, 4) is 0 Å². The molecule has 1 amide bonds. The van der Waals surface area contributed by atoms with Crippen LogP contribution in [0.2, 0.25) is 0 Å². The van der Waals surface area contributed by atoms with Crippen molar-refractivity contribution in [2.45, 2.75) is 45.4 Å². The number of rotatable bonds is 3. The molecule has 1 aliphatic heterocycles. The van der Waals surface area contributed by atoms with Crippen LogP contribution < -0.4 is 0 Å². The van der Waals surface area contributed by atoms with Crippen LogP contribution in [0.1, 0.15) is 45.4 Å². The third-order valence-electron chi connectivity index (χ3n) is 3.60. The highest BCUT2D eigenvalue weighted by Gasteiger charge is 2.46. The topological polar surface area (TPSA) is 29.5 Å². The molecule has 2 aliphatic rings. The first kappa shape index (κ1) is 10.8. The second-order valence-electron chi connectivity index (χ2n) is 4.99. The lowest BCUT2D eigenvalue weighted by atomic mass is 9.95. The molecule has 0 aromatic rings. The fraction of sp³-hybridized carbons (Fsp3) is 0.917. The number of hydrogen-bond acceptors (Lipinski definition) is 2. The van der Waals surface area contributed by atoms with Gasteiger partial charge in [0.25, 0.3) is 0 Å². The Kier molecular flexibility index (Phi) is 3.17. The molecule has 1 saturated heterocycles. The van der Waals surface area contributed by atoms with E-state index in [0.29, 0.717) is 12.0 Å². The van der Waals surface area contributed by atoms with Crippen LogP contribution in [0.15, 0.2) is 0 Å². The van der Waals surface area contributed by atoms with Gasteiger partial charge in [-0.3, -0.25) is 0 Å². The van der Waals surface area contributed by atoms with Gasteiger partial charge in [0.2, 0.25) is 0 Å². The number of piperidine rings is 1. The van der Waals surface area contributed by atoms with Gasteiger partial charge in [-0.1, -0.05) is 13.3 Å². The number of carbonyl (C=O) groups excluding carboxylic acids is 1. The highest BCUT2D eigenvalue weighted by Crippen LogP contribution is 2.52. The van der Waals surface area contributed by atoms with E-state index in [4.69, 9.17) is 4.74 Å². The molecule has 1 saturated carbocycles. The smallest absolute Gasteiger partial charge is 0.409 e. The molecule has 2 fully saturated rings. The van der Waals surface area contributed by atoms with E-state index in [1.54, 1.807) is 0 Å². The van der Waals surface area contributed by atoms with E-state index >= 15 is 0 Å². The summed E-state index contributed by atoms with van der Waals surface area (Å²) in [5.41, 5.74) is 0.502. The van der Waals surface area contributed by atoms with E-state index in [-0.39, 0.29) is 6.09 Å². The molecule has 0 bridgehead atoms. The summed E-state index contributed by atoms with van der Waals surface area (Å²) < 4.78 is 5.23. The largest absolute Gasteiger partial charge is 0.449 e. The minimum Gasteiger partial charge on any atom is -0.449 e. The molecule has 1 aliphatic carbocycles. The van der Waals surface area contributed by atoms with E-state index in [9.17, 15) is 4.79 Å². The predicted molar refractivity (Wildman–Crippen MR) is 58.7 cm³/mol. The van der Waals surface area contributed by atoms with Crippen molar-refractivity contribution in [1.29, 1.82) is 0 Å². The zero-order chi connectivity index (χ0) is 10.7. The van der Waals surface area contributed by atoms with Crippen LogP contribution >= 0.6 is 0 Å². The zero-order valence-electron chi connectivity index (χ0n) is 9.63. The average Bonchev–Trinajstić information content (AvgIpc) is 2.98. The van der Waals surface area contributed by atoms with Crippen molar-refractivity contribution >= 4 is 6.09 Å². The number of nitrogens with zero attached hydrogens (tertiary/aromatic N) is 1. The summed E-state index contributed by atoms with van der Waals surface area (Å²) in [6.45, 7) is 4.53. The molecule has 0 N–H and O–H groups in total. The second kappa shape index (κ2) is 4.42. The van der Waals surface area contributed by atoms with Crippen molar-refractivity contribution in [3.05, 3.63) is 0 Å². The van der Waals surface area contributed by atoms with Gasteiger partial charge < -0.3 is 9.64 Å². The normalized spacial score (nSPS) is 22.9. The lowest BCUT2D eigenvalue weighted by Gasteiger charge is -2.32. The standard InChI is InChI=1S/C12H21NO2/c1-2-3-9-15-11(14)13-8-4-5-12(10-13)6-7-12/h2-10H2,1H3. The Bertz CT molecular complexity index is 236. The van der Waals surface area contributed by atoms with Gasteiger partial charge in [-0.25, -0.2) is 4.79 Å². The van der Waals surface area contributed by atoms with Crippen LogP contribution in [0.25, 0.3) is 0 Å². The molecule has 1 spiro atoms. The van der Waals surface area contributed by atoms with Crippen LogP contribution in [0.4, 0.5) is 4.79 Å². The van der Waals surface area contributed by atoms with Crippen molar-refractivity contribution in [2.75, 3.05) is 19.7 Å². The van der Waals surface area contributed by atoms with Gasteiger partial charge in [0, 0.05) is 13.1 Å². The summed E-state index contributed by atoms with van der Waals surface area (Å²) >= 11 is 0. The van der Waals surface area contributed by atoms with E-state index in [0.717, 1.165) is 32.4 Å². The van der Waals surface area contributed by atoms with Crippen molar-refractivity contribution in [1.82, 2.24) is 4.90 Å². The summed E-state index contributed by atoms with van der Waals surface area (Å²) in [6, 6.07) is 0. The second-order valence-corrected chi connectivity index (χ2v) is 4.99. The van der Waals surface area contributed by atoms with E-state index in [2.05, 4.69) is 6.92 Å². The summed E-state index contributed by atoms with van der Waals surface area (Å²) in [5.74, 6) is 0. The molecule has 0 aromatic heterocycles. The predicted octanol–water partition coefficient (Wildman–Crippen LogP) is 2.80. The Morgan fingerprint density at radius 1 is 1.40 bits per heavy atom. The van der Waals surface area contributed by atoms with E-state index in [1.165, 1.54) is 19.3 Å². The highest BCUT2D eigenvalue weighted by molar-refractivity contribution is 5.67. The molecule has 0 atom stereocenters. The minimum absolute atomic E-state index is 0.0885. The maximum absolute atomic E-state index is 11.7. The molecule has 0 aromatic carbocycles. The van der Waals surface area contributed by atoms with Crippen LogP contribution in [0.5, 0.6) is 0 Å². The Hall–Kier alpha value is -0.730. The SMILES string of the molecule is CCCCOC(=O)N1CCCC2(CC2)C1. The lowest BCUT2D eigenvalue weighted by molar-refractivity contribution is 0.0797. The first-order valence-corrected chi connectivity index (χ1v) is 6.17. The van der Waals surface area contributed by atoms with E-state index in [1.807, 2.05) is 4.90 Å². The van der Waals surface area contributed by atoms with Gasteiger partial charge in [0.05, 0.1) is 6.61 Å². The third kappa shape index (κ3) is 2.64. The number of carbonyl (C=O) groups is 1. The van der Waals surface area contributed by atoms with Crippen LogP contribution in [0, 0.1) is 5.41 Å². The first-order valence-electron chi connectivity index (χ1n) is 6.17. The van der Waals surface area contributed by atoms with Crippen molar-refractivity contribution in [3.63, 3.8) is 0 Å². The Labute approximate surface area is 91.8 Å². The maximum atomic E-state index is 11.7.